The molecule has 4 aromatic rings. The second-order valence-corrected chi connectivity index (χ2v) is 9.64. The molecular formula is C29H30ClN3O. The number of amides is 1. The van der Waals surface area contributed by atoms with Crippen LogP contribution >= 0.6 is 11.6 Å². The van der Waals surface area contributed by atoms with Gasteiger partial charge in [-0.3, -0.25) is 4.79 Å². The zero-order valence-electron chi connectivity index (χ0n) is 19.5. The van der Waals surface area contributed by atoms with E-state index in [4.69, 9.17) is 11.6 Å². The predicted octanol–water partition coefficient (Wildman–Crippen LogP) is 6.80. The average molecular weight is 472 g/mol. The molecule has 0 radical (unpaired) electrons. The van der Waals surface area contributed by atoms with Gasteiger partial charge in [-0.15, -0.1) is 0 Å². The first-order valence-corrected chi connectivity index (χ1v) is 12.4. The third kappa shape index (κ3) is 4.89. The van der Waals surface area contributed by atoms with E-state index in [1.54, 1.807) is 0 Å². The quantitative estimate of drug-likeness (QED) is 0.324. The lowest BCUT2D eigenvalue weighted by Crippen LogP contribution is -2.34. The molecule has 3 aromatic carbocycles. The number of carbonyl (C=O) groups excluding carboxylic acids is 1. The molecule has 0 bridgehead atoms. The van der Waals surface area contributed by atoms with Crippen molar-refractivity contribution in [3.63, 3.8) is 0 Å². The van der Waals surface area contributed by atoms with Gasteiger partial charge < -0.3 is 15.2 Å². The Balaban J connectivity index is 1.18. The minimum Gasteiger partial charge on any atom is -0.360 e. The lowest BCUT2D eigenvalue weighted by atomic mass is 9.89. The molecule has 1 saturated heterocycles. The van der Waals surface area contributed by atoms with Gasteiger partial charge in [0.1, 0.15) is 0 Å². The number of para-hydroxylation sites is 1. The van der Waals surface area contributed by atoms with Crippen molar-refractivity contribution in [1.82, 2.24) is 9.88 Å². The summed E-state index contributed by atoms with van der Waals surface area (Å²) in [5.74, 6) is 0.498. The fourth-order valence-corrected chi connectivity index (χ4v) is 5.26. The molecule has 4 nitrogen and oxygen atoms in total. The molecule has 0 unspecified atom stereocenters. The van der Waals surface area contributed by atoms with E-state index < -0.39 is 0 Å². The molecule has 0 aliphatic carbocycles. The molecule has 2 N–H and O–H groups in total. The number of H-pyrrole nitrogens is 1. The first-order chi connectivity index (χ1) is 16.6. The summed E-state index contributed by atoms with van der Waals surface area (Å²) >= 11 is 6.35. The number of aromatic amines is 1. The second-order valence-electron chi connectivity index (χ2n) is 9.23. The predicted molar refractivity (Wildman–Crippen MR) is 141 cm³/mol. The van der Waals surface area contributed by atoms with Crippen LogP contribution in [0.2, 0.25) is 5.02 Å². The highest BCUT2D eigenvalue weighted by atomic mass is 35.5. The number of benzene rings is 3. The number of piperidine rings is 1. The van der Waals surface area contributed by atoms with Crippen molar-refractivity contribution in [3.05, 3.63) is 100 Å². The summed E-state index contributed by atoms with van der Waals surface area (Å²) < 4.78 is 0. The van der Waals surface area contributed by atoms with Crippen molar-refractivity contribution in [1.29, 1.82) is 0 Å². The number of aromatic nitrogens is 1. The first kappa shape index (κ1) is 22.7. The van der Waals surface area contributed by atoms with E-state index in [0.29, 0.717) is 11.5 Å². The number of halogens is 1. The Labute approximate surface area is 205 Å². The van der Waals surface area contributed by atoms with Crippen LogP contribution in [0.25, 0.3) is 10.9 Å². The maximum atomic E-state index is 12.5. The number of nitrogens with one attached hydrogen (secondary N) is 2. The number of hydrogen-bond acceptors (Lipinski definition) is 2. The van der Waals surface area contributed by atoms with Crippen LogP contribution in [0.4, 0.5) is 5.69 Å². The van der Waals surface area contributed by atoms with Crippen molar-refractivity contribution >= 4 is 34.1 Å². The Kier molecular flexibility index (Phi) is 6.70. The smallest absolute Gasteiger partial charge is 0.255 e. The summed E-state index contributed by atoms with van der Waals surface area (Å²) in [7, 11) is 0. The van der Waals surface area contributed by atoms with Gasteiger partial charge in [0.15, 0.2) is 0 Å². The standard InChI is InChI=1S/C29H30ClN3O/c1-20-10-11-24(32-29(34)22-6-3-2-4-7-22)18-23(20)14-17-33-15-12-21(13-16-33)26-19-31-28-25(26)8-5-9-27(28)30/h2-11,18-19,21,31H,12-17H2,1H3,(H,32,34). The molecule has 174 valence electrons. The van der Waals surface area contributed by atoms with Crippen molar-refractivity contribution < 1.29 is 4.79 Å². The Morgan fingerprint density at radius 2 is 1.85 bits per heavy atom. The SMILES string of the molecule is Cc1ccc(NC(=O)c2ccccc2)cc1CCN1CCC(c2c[nH]c3c(Cl)cccc23)CC1. The lowest BCUT2D eigenvalue weighted by molar-refractivity contribution is 0.102. The topological polar surface area (TPSA) is 48.1 Å². The van der Waals surface area contributed by atoms with Crippen LogP contribution in [0.5, 0.6) is 0 Å². The summed E-state index contributed by atoms with van der Waals surface area (Å²) in [6.07, 6.45) is 5.45. The Morgan fingerprint density at radius 3 is 2.65 bits per heavy atom. The lowest BCUT2D eigenvalue weighted by Gasteiger charge is -2.32. The number of aryl methyl sites for hydroxylation is 1. The molecule has 1 aliphatic rings. The van der Waals surface area contributed by atoms with E-state index in [1.807, 2.05) is 48.5 Å². The van der Waals surface area contributed by atoms with Gasteiger partial charge in [-0.25, -0.2) is 0 Å². The number of anilines is 1. The third-order valence-electron chi connectivity index (χ3n) is 7.06. The summed E-state index contributed by atoms with van der Waals surface area (Å²) in [5, 5.41) is 5.09. The summed E-state index contributed by atoms with van der Waals surface area (Å²) in [6.45, 7) is 5.37. The molecule has 2 heterocycles. The largest absolute Gasteiger partial charge is 0.360 e. The number of fused-ring (bicyclic) bond motifs is 1. The highest BCUT2D eigenvalue weighted by molar-refractivity contribution is 6.35. The molecule has 1 amide bonds. The molecule has 1 fully saturated rings. The Hall–Kier alpha value is -3.08. The van der Waals surface area contributed by atoms with Crippen LogP contribution in [-0.2, 0) is 6.42 Å². The van der Waals surface area contributed by atoms with E-state index in [-0.39, 0.29) is 5.91 Å². The zero-order chi connectivity index (χ0) is 23.5. The van der Waals surface area contributed by atoms with E-state index >= 15 is 0 Å². The average Bonchev–Trinajstić information content (AvgIpc) is 3.31. The van der Waals surface area contributed by atoms with Crippen LogP contribution in [0.15, 0.2) is 72.9 Å². The summed E-state index contributed by atoms with van der Waals surface area (Å²) in [4.78, 5) is 18.4. The van der Waals surface area contributed by atoms with Gasteiger partial charge in [-0.2, -0.15) is 0 Å². The maximum Gasteiger partial charge on any atom is 0.255 e. The highest BCUT2D eigenvalue weighted by Crippen LogP contribution is 2.35. The summed E-state index contributed by atoms with van der Waals surface area (Å²) in [6, 6.07) is 21.7. The zero-order valence-corrected chi connectivity index (χ0v) is 20.2. The fourth-order valence-electron chi connectivity index (χ4n) is 5.03. The molecule has 0 saturated carbocycles. The van der Waals surface area contributed by atoms with Crippen molar-refractivity contribution in [2.75, 3.05) is 25.0 Å². The van der Waals surface area contributed by atoms with Crippen LogP contribution in [-0.4, -0.2) is 35.4 Å². The number of carbonyl (C=O) groups is 1. The second kappa shape index (κ2) is 10.0. The Morgan fingerprint density at radius 1 is 1.06 bits per heavy atom. The molecule has 34 heavy (non-hydrogen) atoms. The molecule has 5 heteroatoms. The number of nitrogens with zero attached hydrogens (tertiary/aromatic N) is 1. The monoisotopic (exact) mass is 471 g/mol. The van der Waals surface area contributed by atoms with E-state index in [0.717, 1.165) is 55.1 Å². The molecule has 5 rings (SSSR count). The van der Waals surface area contributed by atoms with E-state index in [2.05, 4.69) is 46.5 Å². The van der Waals surface area contributed by atoms with Gasteiger partial charge in [-0.1, -0.05) is 48.0 Å². The van der Waals surface area contributed by atoms with Gasteiger partial charge >= 0.3 is 0 Å². The molecule has 1 aliphatic heterocycles. The van der Waals surface area contributed by atoms with Gasteiger partial charge in [0, 0.05) is 29.4 Å². The van der Waals surface area contributed by atoms with Gasteiger partial charge in [-0.05, 0) is 92.2 Å². The molecule has 0 spiro atoms. The number of hydrogen-bond donors (Lipinski definition) is 2. The first-order valence-electron chi connectivity index (χ1n) is 12.0. The minimum atomic E-state index is -0.0731. The van der Waals surface area contributed by atoms with Crippen LogP contribution < -0.4 is 5.32 Å². The molecular weight excluding hydrogens is 442 g/mol. The normalized spacial score (nSPS) is 15.0. The summed E-state index contributed by atoms with van der Waals surface area (Å²) in [5.41, 5.74) is 6.53. The number of rotatable bonds is 6. The van der Waals surface area contributed by atoms with Crippen molar-refractivity contribution in [3.8, 4) is 0 Å². The highest BCUT2D eigenvalue weighted by Gasteiger charge is 2.23. The molecule has 1 aromatic heterocycles. The van der Waals surface area contributed by atoms with Crippen LogP contribution in [0, 0.1) is 6.92 Å². The minimum absolute atomic E-state index is 0.0731. The maximum absolute atomic E-state index is 12.5. The van der Waals surface area contributed by atoms with Gasteiger partial charge in [0.25, 0.3) is 5.91 Å². The van der Waals surface area contributed by atoms with E-state index in [1.165, 1.54) is 22.1 Å². The fraction of sp³-hybridized carbons (Fsp3) is 0.276. The number of likely N-dealkylation sites (tertiary alicyclic amines) is 1. The van der Waals surface area contributed by atoms with Crippen LogP contribution in [0.3, 0.4) is 0 Å². The van der Waals surface area contributed by atoms with Gasteiger partial charge in [0.2, 0.25) is 0 Å². The van der Waals surface area contributed by atoms with Crippen LogP contribution in [0.1, 0.15) is 45.8 Å². The molecule has 0 atom stereocenters. The van der Waals surface area contributed by atoms with Gasteiger partial charge in [0.05, 0.1) is 10.5 Å². The Bertz CT molecular complexity index is 1290. The third-order valence-corrected chi connectivity index (χ3v) is 7.38. The van der Waals surface area contributed by atoms with Crippen molar-refractivity contribution in [2.24, 2.45) is 0 Å². The van der Waals surface area contributed by atoms with E-state index in [9.17, 15) is 4.79 Å². The van der Waals surface area contributed by atoms with Crippen molar-refractivity contribution in [2.45, 2.75) is 32.1 Å².